The van der Waals surface area contributed by atoms with Gasteiger partial charge in [0.1, 0.15) is 5.82 Å². The third kappa shape index (κ3) is 4.49. The molecule has 0 amide bonds. The molecule has 108 valence electrons. The molecule has 0 saturated heterocycles. The number of nitrogens with one attached hydrogen (secondary N) is 2. The second kappa shape index (κ2) is 6.22. The molecule has 0 atom stereocenters. The molecule has 7 heteroatoms. The number of anilines is 1. The summed E-state index contributed by atoms with van der Waals surface area (Å²) in [6, 6.07) is 3.91. The van der Waals surface area contributed by atoms with Crippen molar-refractivity contribution in [3.05, 3.63) is 29.6 Å². The first-order valence-corrected chi connectivity index (χ1v) is 7.68. The van der Waals surface area contributed by atoms with Gasteiger partial charge in [0.25, 0.3) is 10.2 Å². The fraction of sp³-hybridized carbons (Fsp3) is 0.385. The molecule has 5 nitrogen and oxygen atoms in total. The zero-order valence-corrected chi connectivity index (χ0v) is 11.5. The van der Waals surface area contributed by atoms with Gasteiger partial charge in [-0.05, 0) is 31.0 Å². The average molecular weight is 298 g/mol. The molecule has 2 rings (SSSR count). The summed E-state index contributed by atoms with van der Waals surface area (Å²) < 4.78 is 41.7. The summed E-state index contributed by atoms with van der Waals surface area (Å²) in [5.74, 6) is 4.56. The van der Waals surface area contributed by atoms with Gasteiger partial charge in [-0.3, -0.25) is 4.72 Å². The van der Waals surface area contributed by atoms with Gasteiger partial charge < -0.3 is 5.11 Å². The molecule has 1 saturated carbocycles. The molecule has 0 spiro atoms. The first kappa shape index (κ1) is 14.8. The third-order valence-electron chi connectivity index (χ3n) is 2.58. The number of rotatable bonds is 5. The summed E-state index contributed by atoms with van der Waals surface area (Å²) in [5.41, 5.74) is 0.305. The van der Waals surface area contributed by atoms with E-state index < -0.39 is 16.0 Å². The van der Waals surface area contributed by atoms with Crippen LogP contribution < -0.4 is 9.44 Å². The number of aliphatic hydroxyl groups is 1. The second-order valence-corrected chi connectivity index (χ2v) is 5.91. The van der Waals surface area contributed by atoms with Crippen LogP contribution in [0.5, 0.6) is 0 Å². The van der Waals surface area contributed by atoms with Crippen molar-refractivity contribution in [1.29, 1.82) is 0 Å². The van der Waals surface area contributed by atoms with Crippen molar-refractivity contribution in [2.24, 2.45) is 0 Å². The van der Waals surface area contributed by atoms with Crippen LogP contribution in [0.3, 0.4) is 0 Å². The second-order valence-electron chi connectivity index (χ2n) is 4.47. The maximum atomic E-state index is 13.7. The smallest absolute Gasteiger partial charge is 0.299 e. The summed E-state index contributed by atoms with van der Waals surface area (Å²) in [6.45, 7) is -0.0840. The van der Waals surface area contributed by atoms with Gasteiger partial charge >= 0.3 is 0 Å². The van der Waals surface area contributed by atoms with Crippen LogP contribution in [0.2, 0.25) is 0 Å². The molecule has 1 fully saturated rings. The predicted octanol–water partition coefficient (Wildman–Crippen LogP) is 0.968. The third-order valence-corrected chi connectivity index (χ3v) is 3.73. The van der Waals surface area contributed by atoms with Crippen LogP contribution in [-0.4, -0.2) is 26.2 Å². The van der Waals surface area contributed by atoms with Crippen molar-refractivity contribution < 1.29 is 17.9 Å². The van der Waals surface area contributed by atoms with Gasteiger partial charge in [0.2, 0.25) is 0 Å². The Kier molecular flexibility index (Phi) is 4.60. The molecule has 1 aliphatic rings. The highest BCUT2D eigenvalue weighted by Crippen LogP contribution is 2.21. The van der Waals surface area contributed by atoms with Crippen LogP contribution in [0.4, 0.5) is 10.1 Å². The lowest BCUT2D eigenvalue weighted by Crippen LogP contribution is -2.31. The SMILES string of the molecule is O=S(=O)(Nc1ccc(C#CCCO)c(F)c1)NC1CC1. The quantitative estimate of drug-likeness (QED) is 0.709. The van der Waals surface area contributed by atoms with E-state index in [0.717, 1.165) is 18.9 Å². The van der Waals surface area contributed by atoms with E-state index in [0.29, 0.717) is 0 Å². The highest BCUT2D eigenvalue weighted by molar-refractivity contribution is 7.90. The molecule has 3 N–H and O–H groups in total. The van der Waals surface area contributed by atoms with E-state index in [-0.39, 0.29) is 30.3 Å². The van der Waals surface area contributed by atoms with E-state index in [4.69, 9.17) is 5.11 Å². The molecule has 0 radical (unpaired) electrons. The normalized spacial score (nSPS) is 14.5. The number of hydrogen-bond acceptors (Lipinski definition) is 3. The Bertz CT molecular complexity index is 645. The Morgan fingerprint density at radius 2 is 2.15 bits per heavy atom. The highest BCUT2D eigenvalue weighted by Gasteiger charge is 2.26. The van der Waals surface area contributed by atoms with Crippen LogP contribution in [-0.2, 0) is 10.2 Å². The Hall–Kier alpha value is -1.62. The Morgan fingerprint density at radius 1 is 1.40 bits per heavy atom. The molecule has 1 aromatic rings. The zero-order valence-electron chi connectivity index (χ0n) is 10.7. The van der Waals surface area contributed by atoms with Gasteiger partial charge in [-0.2, -0.15) is 13.1 Å². The molecule has 0 aromatic heterocycles. The molecule has 1 aliphatic carbocycles. The summed E-state index contributed by atoms with van der Waals surface area (Å²) in [7, 11) is -3.66. The van der Waals surface area contributed by atoms with Crippen LogP contribution >= 0.6 is 0 Å². The van der Waals surface area contributed by atoms with Crippen molar-refractivity contribution in [2.75, 3.05) is 11.3 Å². The molecule has 20 heavy (non-hydrogen) atoms. The van der Waals surface area contributed by atoms with Crippen molar-refractivity contribution in [2.45, 2.75) is 25.3 Å². The lowest BCUT2D eigenvalue weighted by Gasteiger charge is -2.08. The highest BCUT2D eigenvalue weighted by atomic mass is 32.2. The monoisotopic (exact) mass is 298 g/mol. The van der Waals surface area contributed by atoms with E-state index >= 15 is 0 Å². The van der Waals surface area contributed by atoms with Crippen molar-refractivity contribution >= 4 is 15.9 Å². The average Bonchev–Trinajstić information content (AvgIpc) is 3.14. The lowest BCUT2D eigenvalue weighted by molar-refractivity contribution is 0.305. The van der Waals surface area contributed by atoms with E-state index in [2.05, 4.69) is 21.3 Å². The number of halogens is 1. The molecular weight excluding hydrogens is 283 g/mol. The largest absolute Gasteiger partial charge is 0.395 e. The predicted molar refractivity (Wildman–Crippen MR) is 73.7 cm³/mol. The number of hydrogen-bond donors (Lipinski definition) is 3. The van der Waals surface area contributed by atoms with Gasteiger partial charge in [-0.1, -0.05) is 11.8 Å². The minimum Gasteiger partial charge on any atom is -0.395 e. The molecular formula is C13H15FN2O3S. The van der Waals surface area contributed by atoms with E-state index in [1.807, 2.05) is 0 Å². The van der Waals surface area contributed by atoms with Gasteiger partial charge in [-0.15, -0.1) is 0 Å². The first-order valence-electron chi connectivity index (χ1n) is 6.19. The number of benzene rings is 1. The fourth-order valence-corrected chi connectivity index (χ4v) is 2.67. The Labute approximate surface area is 117 Å². The first-order chi connectivity index (χ1) is 9.50. The van der Waals surface area contributed by atoms with E-state index in [9.17, 15) is 12.8 Å². The number of aliphatic hydroxyl groups excluding tert-OH is 1. The molecule has 0 bridgehead atoms. The van der Waals surface area contributed by atoms with E-state index in [1.54, 1.807) is 0 Å². The maximum absolute atomic E-state index is 13.7. The van der Waals surface area contributed by atoms with Crippen LogP contribution in [0.25, 0.3) is 0 Å². The fourth-order valence-electron chi connectivity index (χ4n) is 1.50. The summed E-state index contributed by atoms with van der Waals surface area (Å²) in [6.07, 6.45) is 1.92. The minimum absolute atomic E-state index is 0.0130. The minimum atomic E-state index is -3.66. The van der Waals surface area contributed by atoms with Crippen molar-refractivity contribution in [1.82, 2.24) is 4.72 Å². The Balaban J connectivity index is 2.07. The zero-order chi connectivity index (χ0) is 14.6. The lowest BCUT2D eigenvalue weighted by atomic mass is 10.2. The molecule has 1 aromatic carbocycles. The summed E-state index contributed by atoms with van der Waals surface area (Å²) in [5, 5.41) is 8.58. The van der Waals surface area contributed by atoms with Crippen LogP contribution in [0.1, 0.15) is 24.8 Å². The van der Waals surface area contributed by atoms with Gasteiger partial charge in [0, 0.05) is 12.5 Å². The van der Waals surface area contributed by atoms with Gasteiger partial charge in [0.15, 0.2) is 0 Å². The molecule has 0 heterocycles. The van der Waals surface area contributed by atoms with E-state index in [1.165, 1.54) is 12.1 Å². The maximum Gasteiger partial charge on any atom is 0.299 e. The summed E-state index contributed by atoms with van der Waals surface area (Å²) in [4.78, 5) is 0. The molecule has 0 aliphatic heterocycles. The topological polar surface area (TPSA) is 78.4 Å². The van der Waals surface area contributed by atoms with Crippen molar-refractivity contribution in [3.63, 3.8) is 0 Å². The summed E-state index contributed by atoms with van der Waals surface area (Å²) >= 11 is 0. The standard InChI is InChI=1S/C13H15FN2O3S/c14-13-9-12(5-4-10(13)3-1-2-8-17)16-20(18,19)15-11-6-7-11/h4-5,9,11,15-17H,2,6-8H2. The van der Waals surface area contributed by atoms with Gasteiger partial charge in [0.05, 0.1) is 17.9 Å². The molecule has 0 unspecified atom stereocenters. The van der Waals surface area contributed by atoms with Crippen molar-refractivity contribution in [3.8, 4) is 11.8 Å². The van der Waals surface area contributed by atoms with Crippen LogP contribution in [0.15, 0.2) is 18.2 Å². The Morgan fingerprint density at radius 3 is 2.75 bits per heavy atom. The van der Waals surface area contributed by atoms with Crippen LogP contribution in [0, 0.1) is 17.7 Å². The van der Waals surface area contributed by atoms with Gasteiger partial charge in [-0.25, -0.2) is 4.39 Å².